The molecule has 7 heteroatoms. The topological polar surface area (TPSA) is 38.9 Å². The number of alkyl halides is 3. The van der Waals surface area contributed by atoms with E-state index in [9.17, 15) is 13.2 Å². The third kappa shape index (κ3) is 3.81. The van der Waals surface area contributed by atoms with Gasteiger partial charge in [-0.15, -0.1) is 0 Å². The van der Waals surface area contributed by atoms with E-state index in [4.69, 9.17) is 28.9 Å². The molecular weight excluding hydrogens is 264 g/mol. The minimum absolute atomic E-state index is 0.183. The molecule has 0 saturated carbocycles. The van der Waals surface area contributed by atoms with Crippen molar-refractivity contribution in [2.45, 2.75) is 25.1 Å². The van der Waals surface area contributed by atoms with Crippen LogP contribution in [0, 0.1) is 0 Å². The van der Waals surface area contributed by atoms with Gasteiger partial charge in [0.1, 0.15) is 0 Å². The molecule has 0 bridgehead atoms. The van der Waals surface area contributed by atoms with Gasteiger partial charge in [-0.2, -0.15) is 13.2 Å². The molecule has 1 rings (SSSR count). The highest BCUT2D eigenvalue weighted by molar-refractivity contribution is 6.35. The van der Waals surface area contributed by atoms with Crippen molar-refractivity contribution in [3.63, 3.8) is 0 Å². The predicted octanol–water partition coefficient (Wildman–Crippen LogP) is 3.73. The zero-order valence-electron chi connectivity index (χ0n) is 8.06. The smallest absolute Gasteiger partial charge is 0.324 e. The van der Waals surface area contributed by atoms with Crippen molar-refractivity contribution in [1.82, 2.24) is 4.98 Å². The highest BCUT2D eigenvalue weighted by Crippen LogP contribution is 2.32. The molecule has 1 heterocycles. The number of nitrogens with zero attached hydrogens (tertiary/aromatic N) is 1. The molecule has 0 fully saturated rings. The Balaban J connectivity index is 2.77. The maximum atomic E-state index is 12.0. The summed E-state index contributed by atoms with van der Waals surface area (Å²) in [6.07, 6.45) is -2.86. The Kier molecular flexibility index (Phi) is 4.41. The van der Waals surface area contributed by atoms with Gasteiger partial charge in [-0.25, -0.2) is 0 Å². The van der Waals surface area contributed by atoms with Gasteiger partial charge < -0.3 is 5.73 Å². The third-order valence-corrected chi connectivity index (χ3v) is 2.60. The van der Waals surface area contributed by atoms with Crippen LogP contribution in [0.25, 0.3) is 0 Å². The lowest BCUT2D eigenvalue weighted by atomic mass is 10.0. The van der Waals surface area contributed by atoms with Crippen molar-refractivity contribution in [1.29, 1.82) is 0 Å². The van der Waals surface area contributed by atoms with Crippen LogP contribution in [-0.2, 0) is 0 Å². The number of nitrogens with two attached hydrogens (primary N) is 1. The maximum Gasteiger partial charge on any atom is 0.389 e. The van der Waals surface area contributed by atoms with Crippen LogP contribution in [0.5, 0.6) is 0 Å². The first-order valence-electron chi connectivity index (χ1n) is 4.42. The van der Waals surface area contributed by atoms with Crippen LogP contribution < -0.4 is 5.73 Å². The molecule has 0 aromatic carbocycles. The standard InChI is InChI=1S/C9H9Cl2F3N2/c10-5-3-16-4-6(11)8(5)7(15)1-2-9(12,13)14/h3-4,7H,1-2,15H2/t7-/m0/s1. The number of halogens is 5. The molecule has 2 N–H and O–H groups in total. The highest BCUT2D eigenvalue weighted by Gasteiger charge is 2.28. The molecule has 0 aliphatic carbocycles. The van der Waals surface area contributed by atoms with E-state index in [0.29, 0.717) is 5.56 Å². The van der Waals surface area contributed by atoms with Crippen molar-refractivity contribution in [3.05, 3.63) is 28.0 Å². The van der Waals surface area contributed by atoms with Gasteiger partial charge in [0.25, 0.3) is 0 Å². The van der Waals surface area contributed by atoms with E-state index in [-0.39, 0.29) is 16.5 Å². The zero-order chi connectivity index (χ0) is 12.3. The average Bonchev–Trinajstić information content (AvgIpc) is 2.13. The number of hydrogen-bond acceptors (Lipinski definition) is 2. The fourth-order valence-electron chi connectivity index (χ4n) is 1.24. The fourth-order valence-corrected chi connectivity index (χ4v) is 1.88. The van der Waals surface area contributed by atoms with Gasteiger partial charge in [-0.05, 0) is 6.42 Å². The normalized spacial score (nSPS) is 13.9. The minimum Gasteiger partial charge on any atom is -0.324 e. The Morgan fingerprint density at radius 2 is 1.75 bits per heavy atom. The second kappa shape index (κ2) is 5.21. The van der Waals surface area contributed by atoms with E-state index in [1.54, 1.807) is 0 Å². The molecule has 1 aromatic heterocycles. The lowest BCUT2D eigenvalue weighted by molar-refractivity contribution is -0.136. The van der Waals surface area contributed by atoms with Crippen molar-refractivity contribution >= 4 is 23.2 Å². The summed E-state index contributed by atoms with van der Waals surface area (Å²) in [6, 6.07) is -0.843. The van der Waals surface area contributed by atoms with Crippen LogP contribution in [0.3, 0.4) is 0 Å². The van der Waals surface area contributed by atoms with Gasteiger partial charge in [0.05, 0.1) is 10.0 Å². The summed E-state index contributed by atoms with van der Waals surface area (Å²) < 4.78 is 36.0. The molecule has 0 radical (unpaired) electrons. The Morgan fingerprint density at radius 3 is 2.19 bits per heavy atom. The molecule has 90 valence electrons. The first-order valence-corrected chi connectivity index (χ1v) is 5.18. The quantitative estimate of drug-likeness (QED) is 0.911. The van der Waals surface area contributed by atoms with Crippen LogP contribution in [0.15, 0.2) is 12.4 Å². The van der Waals surface area contributed by atoms with Crippen LogP contribution >= 0.6 is 23.2 Å². The molecule has 0 aliphatic heterocycles. The lowest BCUT2D eigenvalue weighted by Crippen LogP contribution is -2.16. The van der Waals surface area contributed by atoms with Gasteiger partial charge in [0.2, 0.25) is 0 Å². The molecule has 0 aliphatic rings. The third-order valence-electron chi connectivity index (χ3n) is 2.00. The summed E-state index contributed by atoms with van der Waals surface area (Å²) in [5.41, 5.74) is 5.92. The van der Waals surface area contributed by atoms with Crippen LogP contribution in [0.2, 0.25) is 10.0 Å². The summed E-state index contributed by atoms with van der Waals surface area (Å²) >= 11 is 11.5. The van der Waals surface area contributed by atoms with Gasteiger partial charge in [-0.3, -0.25) is 4.98 Å². The molecule has 16 heavy (non-hydrogen) atoms. The second-order valence-electron chi connectivity index (χ2n) is 3.28. The van der Waals surface area contributed by atoms with Crippen molar-refractivity contribution in [2.75, 3.05) is 0 Å². The minimum atomic E-state index is -4.23. The Labute approximate surface area is 101 Å². The monoisotopic (exact) mass is 272 g/mol. The second-order valence-corrected chi connectivity index (χ2v) is 4.09. The molecule has 0 saturated heterocycles. The summed E-state index contributed by atoms with van der Waals surface area (Å²) in [4.78, 5) is 3.69. The Bertz CT molecular complexity index is 348. The molecule has 0 unspecified atom stereocenters. The summed E-state index contributed by atoms with van der Waals surface area (Å²) in [5.74, 6) is 0. The molecule has 0 amide bonds. The highest BCUT2D eigenvalue weighted by atomic mass is 35.5. The van der Waals surface area contributed by atoms with Crippen molar-refractivity contribution in [3.8, 4) is 0 Å². The number of rotatable bonds is 3. The van der Waals surface area contributed by atoms with E-state index in [0.717, 1.165) is 0 Å². The Morgan fingerprint density at radius 1 is 1.25 bits per heavy atom. The van der Waals surface area contributed by atoms with Crippen LogP contribution in [-0.4, -0.2) is 11.2 Å². The van der Waals surface area contributed by atoms with Crippen molar-refractivity contribution < 1.29 is 13.2 Å². The van der Waals surface area contributed by atoms with Gasteiger partial charge in [0, 0.05) is 30.4 Å². The molecule has 1 atom stereocenters. The maximum absolute atomic E-state index is 12.0. The van der Waals surface area contributed by atoms with E-state index in [1.165, 1.54) is 12.4 Å². The van der Waals surface area contributed by atoms with E-state index >= 15 is 0 Å². The SMILES string of the molecule is N[C@@H](CCC(F)(F)F)c1c(Cl)cncc1Cl. The predicted molar refractivity (Wildman–Crippen MR) is 56.5 cm³/mol. The Hall–Kier alpha value is -0.520. The average molecular weight is 273 g/mol. The largest absolute Gasteiger partial charge is 0.389 e. The summed E-state index contributed by atoms with van der Waals surface area (Å²) in [6.45, 7) is 0. The summed E-state index contributed by atoms with van der Waals surface area (Å²) in [5, 5.41) is 0.365. The molecule has 2 nitrogen and oxygen atoms in total. The van der Waals surface area contributed by atoms with E-state index in [2.05, 4.69) is 4.98 Å². The molecule has 1 aromatic rings. The van der Waals surface area contributed by atoms with Gasteiger partial charge in [-0.1, -0.05) is 23.2 Å². The van der Waals surface area contributed by atoms with Gasteiger partial charge in [0.15, 0.2) is 0 Å². The molecule has 0 spiro atoms. The van der Waals surface area contributed by atoms with Crippen molar-refractivity contribution in [2.24, 2.45) is 5.73 Å². The zero-order valence-corrected chi connectivity index (χ0v) is 9.57. The first kappa shape index (κ1) is 13.5. The fraction of sp³-hybridized carbons (Fsp3) is 0.444. The van der Waals surface area contributed by atoms with Crippen LogP contribution in [0.1, 0.15) is 24.4 Å². The number of pyridine rings is 1. The molecular formula is C9H9Cl2F3N2. The lowest BCUT2D eigenvalue weighted by Gasteiger charge is -2.15. The number of hydrogen-bond donors (Lipinski definition) is 1. The first-order chi connectivity index (χ1) is 7.31. The number of aromatic nitrogens is 1. The van der Waals surface area contributed by atoms with E-state index in [1.807, 2.05) is 0 Å². The van der Waals surface area contributed by atoms with Gasteiger partial charge >= 0.3 is 6.18 Å². The summed E-state index contributed by atoms with van der Waals surface area (Å²) in [7, 11) is 0. The van der Waals surface area contributed by atoms with Crippen LogP contribution in [0.4, 0.5) is 13.2 Å². The van der Waals surface area contributed by atoms with E-state index < -0.39 is 18.6 Å².